The third kappa shape index (κ3) is 7.81. The highest BCUT2D eigenvalue weighted by molar-refractivity contribution is 5.20. The van der Waals surface area contributed by atoms with Gasteiger partial charge >= 0.3 is 0 Å². The van der Waals surface area contributed by atoms with Crippen LogP contribution in [0, 0.1) is 0 Å². The van der Waals surface area contributed by atoms with E-state index < -0.39 is 0 Å². The Hall–Kier alpha value is -1.02. The highest BCUT2D eigenvalue weighted by Crippen LogP contribution is 2.09. The summed E-state index contributed by atoms with van der Waals surface area (Å²) in [4.78, 5) is 0. The van der Waals surface area contributed by atoms with Gasteiger partial charge in [0.2, 0.25) is 0 Å². The van der Waals surface area contributed by atoms with Crippen LogP contribution in [0.15, 0.2) is 30.3 Å². The van der Waals surface area contributed by atoms with E-state index in [9.17, 15) is 0 Å². The third-order valence-electron chi connectivity index (χ3n) is 2.72. The van der Waals surface area contributed by atoms with Gasteiger partial charge in [-0.1, -0.05) is 31.5 Å². The average molecular weight is 235 g/mol. The molecule has 0 bridgehead atoms. The first kappa shape index (κ1) is 14.0. The molecule has 1 N–H and O–H groups in total. The molecule has 2 heteroatoms. The van der Waals surface area contributed by atoms with Crippen LogP contribution in [0.5, 0.6) is 5.75 Å². The van der Waals surface area contributed by atoms with Crippen LogP contribution in [0.2, 0.25) is 0 Å². The van der Waals surface area contributed by atoms with Crippen LogP contribution in [0.4, 0.5) is 0 Å². The Balaban J connectivity index is 1.85. The fourth-order valence-electron chi connectivity index (χ4n) is 1.66. The summed E-state index contributed by atoms with van der Waals surface area (Å²) in [6.07, 6.45) is 6.20. The van der Waals surface area contributed by atoms with E-state index in [4.69, 9.17) is 4.74 Å². The van der Waals surface area contributed by atoms with Gasteiger partial charge in [-0.3, -0.25) is 0 Å². The second kappa shape index (κ2) is 10.2. The number of para-hydroxylation sites is 1. The molecule has 0 aliphatic carbocycles. The van der Waals surface area contributed by atoms with Gasteiger partial charge in [-0.05, 0) is 50.9 Å². The Morgan fingerprint density at radius 1 is 0.941 bits per heavy atom. The van der Waals surface area contributed by atoms with Crippen LogP contribution in [0.1, 0.15) is 39.0 Å². The number of benzene rings is 1. The highest BCUT2D eigenvalue weighted by Gasteiger charge is 1.92. The average Bonchev–Trinajstić information content (AvgIpc) is 2.38. The predicted octanol–water partition coefficient (Wildman–Crippen LogP) is 3.63. The molecular formula is C15H25NO. The normalized spacial score (nSPS) is 10.4. The second-order valence-electron chi connectivity index (χ2n) is 4.33. The molecule has 0 radical (unpaired) electrons. The zero-order chi connectivity index (χ0) is 12.2. The maximum absolute atomic E-state index is 5.63. The summed E-state index contributed by atoms with van der Waals surface area (Å²) < 4.78 is 5.63. The molecule has 1 rings (SSSR count). The highest BCUT2D eigenvalue weighted by atomic mass is 16.5. The quantitative estimate of drug-likeness (QED) is 0.625. The fourth-order valence-corrected chi connectivity index (χ4v) is 1.66. The lowest BCUT2D eigenvalue weighted by Gasteiger charge is -2.06. The standard InChI is InChI=1S/C15H25NO/c1-2-3-12-16-13-8-5-9-14-17-15-10-6-4-7-11-15/h4,6-7,10-11,16H,2-3,5,8-9,12-14H2,1H3. The molecule has 0 spiro atoms. The van der Waals surface area contributed by atoms with E-state index in [2.05, 4.69) is 12.2 Å². The van der Waals surface area contributed by atoms with Gasteiger partial charge in [0.05, 0.1) is 6.61 Å². The van der Waals surface area contributed by atoms with Crippen LogP contribution in [0.25, 0.3) is 0 Å². The van der Waals surface area contributed by atoms with E-state index in [0.29, 0.717) is 0 Å². The maximum atomic E-state index is 5.63. The molecule has 0 unspecified atom stereocenters. The Morgan fingerprint density at radius 3 is 2.47 bits per heavy atom. The van der Waals surface area contributed by atoms with Crippen molar-refractivity contribution in [1.29, 1.82) is 0 Å². The van der Waals surface area contributed by atoms with Crippen molar-refractivity contribution in [2.24, 2.45) is 0 Å². The van der Waals surface area contributed by atoms with Crippen LogP contribution in [0.3, 0.4) is 0 Å². The van der Waals surface area contributed by atoms with Gasteiger partial charge in [-0.15, -0.1) is 0 Å². The third-order valence-corrected chi connectivity index (χ3v) is 2.72. The van der Waals surface area contributed by atoms with Crippen LogP contribution < -0.4 is 10.1 Å². The molecule has 0 atom stereocenters. The van der Waals surface area contributed by atoms with Crippen molar-refractivity contribution < 1.29 is 4.74 Å². The minimum atomic E-state index is 0.832. The first-order valence-electron chi connectivity index (χ1n) is 6.82. The molecule has 0 saturated carbocycles. The minimum absolute atomic E-state index is 0.832. The first-order chi connectivity index (χ1) is 8.43. The van der Waals surface area contributed by atoms with Gasteiger partial charge < -0.3 is 10.1 Å². The molecule has 1 aromatic carbocycles. The second-order valence-corrected chi connectivity index (χ2v) is 4.33. The molecule has 96 valence electrons. The minimum Gasteiger partial charge on any atom is -0.494 e. The van der Waals surface area contributed by atoms with E-state index in [-0.39, 0.29) is 0 Å². The Kier molecular flexibility index (Phi) is 8.39. The van der Waals surface area contributed by atoms with E-state index in [1.54, 1.807) is 0 Å². The Bertz CT molecular complexity index is 261. The van der Waals surface area contributed by atoms with Gasteiger partial charge in [0.1, 0.15) is 5.75 Å². The lowest BCUT2D eigenvalue weighted by Crippen LogP contribution is -2.16. The van der Waals surface area contributed by atoms with Crippen LogP contribution in [-0.4, -0.2) is 19.7 Å². The molecule has 0 saturated heterocycles. The van der Waals surface area contributed by atoms with Gasteiger partial charge in [0, 0.05) is 0 Å². The molecule has 17 heavy (non-hydrogen) atoms. The van der Waals surface area contributed by atoms with Crippen molar-refractivity contribution in [2.45, 2.75) is 39.0 Å². The van der Waals surface area contributed by atoms with Crippen molar-refractivity contribution in [2.75, 3.05) is 19.7 Å². The molecule has 0 aliphatic rings. The summed E-state index contributed by atoms with van der Waals surface area (Å²) in [5.41, 5.74) is 0. The van der Waals surface area contributed by atoms with Gasteiger partial charge in [0.25, 0.3) is 0 Å². The molecule has 0 heterocycles. The van der Waals surface area contributed by atoms with Gasteiger partial charge in [0.15, 0.2) is 0 Å². The smallest absolute Gasteiger partial charge is 0.119 e. The van der Waals surface area contributed by atoms with E-state index in [1.807, 2.05) is 30.3 Å². The summed E-state index contributed by atoms with van der Waals surface area (Å²) in [6, 6.07) is 10.0. The summed E-state index contributed by atoms with van der Waals surface area (Å²) in [6.45, 7) is 5.37. The maximum Gasteiger partial charge on any atom is 0.119 e. The Labute approximate surface area is 105 Å². The van der Waals surface area contributed by atoms with E-state index in [1.165, 1.54) is 25.7 Å². The Morgan fingerprint density at radius 2 is 1.71 bits per heavy atom. The molecule has 0 aliphatic heterocycles. The summed E-state index contributed by atoms with van der Waals surface area (Å²) in [7, 11) is 0. The molecule has 0 fully saturated rings. The number of nitrogens with one attached hydrogen (secondary N) is 1. The summed E-state index contributed by atoms with van der Waals surface area (Å²) >= 11 is 0. The largest absolute Gasteiger partial charge is 0.494 e. The molecule has 1 aromatic rings. The molecular weight excluding hydrogens is 210 g/mol. The molecule has 2 nitrogen and oxygen atoms in total. The van der Waals surface area contributed by atoms with Gasteiger partial charge in [-0.25, -0.2) is 0 Å². The van der Waals surface area contributed by atoms with Crippen molar-refractivity contribution in [3.63, 3.8) is 0 Å². The molecule has 0 aromatic heterocycles. The van der Waals surface area contributed by atoms with Crippen molar-refractivity contribution in [3.8, 4) is 5.75 Å². The number of hydrogen-bond donors (Lipinski definition) is 1. The van der Waals surface area contributed by atoms with Crippen molar-refractivity contribution in [1.82, 2.24) is 5.32 Å². The van der Waals surface area contributed by atoms with Crippen molar-refractivity contribution in [3.05, 3.63) is 30.3 Å². The number of ether oxygens (including phenoxy) is 1. The number of unbranched alkanes of at least 4 members (excludes halogenated alkanes) is 3. The lowest BCUT2D eigenvalue weighted by atomic mass is 10.2. The van der Waals surface area contributed by atoms with E-state index >= 15 is 0 Å². The summed E-state index contributed by atoms with van der Waals surface area (Å²) in [5.74, 6) is 0.980. The monoisotopic (exact) mass is 235 g/mol. The van der Waals surface area contributed by atoms with E-state index in [0.717, 1.165) is 31.9 Å². The van der Waals surface area contributed by atoms with Crippen molar-refractivity contribution >= 4 is 0 Å². The number of rotatable bonds is 10. The van der Waals surface area contributed by atoms with Crippen LogP contribution in [-0.2, 0) is 0 Å². The summed E-state index contributed by atoms with van der Waals surface area (Å²) in [5, 5.41) is 3.45. The molecule has 0 amide bonds. The topological polar surface area (TPSA) is 21.3 Å². The van der Waals surface area contributed by atoms with Gasteiger partial charge in [-0.2, -0.15) is 0 Å². The SMILES string of the molecule is CCCCNCCCCCOc1ccccc1. The lowest BCUT2D eigenvalue weighted by molar-refractivity contribution is 0.305. The zero-order valence-corrected chi connectivity index (χ0v) is 11.0. The fraction of sp³-hybridized carbons (Fsp3) is 0.600. The zero-order valence-electron chi connectivity index (χ0n) is 11.0. The predicted molar refractivity (Wildman–Crippen MR) is 73.6 cm³/mol. The van der Waals surface area contributed by atoms with Crippen LogP contribution >= 0.6 is 0 Å². The number of hydrogen-bond acceptors (Lipinski definition) is 2. The first-order valence-corrected chi connectivity index (χ1v) is 6.82.